The Labute approximate surface area is 157 Å². The summed E-state index contributed by atoms with van der Waals surface area (Å²) in [5, 5.41) is 2.86. The van der Waals surface area contributed by atoms with Gasteiger partial charge in [0.2, 0.25) is 5.91 Å². The lowest BCUT2D eigenvalue weighted by Gasteiger charge is -2.19. The molecule has 0 aliphatic rings. The molecule has 1 N–H and O–H groups in total. The fourth-order valence-corrected chi connectivity index (χ4v) is 2.93. The maximum absolute atomic E-state index is 13.7. The number of nitrogens with zero attached hydrogens (tertiary/aromatic N) is 1. The van der Waals surface area contributed by atoms with Gasteiger partial charge in [-0.05, 0) is 29.8 Å². The number of carbonyl (C=O) groups excluding carboxylic acids is 1. The van der Waals surface area contributed by atoms with Gasteiger partial charge in [0, 0.05) is 36.3 Å². The zero-order valence-corrected chi connectivity index (χ0v) is 15.2. The number of ether oxygens (including phenoxy) is 2. The molecular formula is C21H21FN2O3. The third kappa shape index (κ3) is 4.67. The van der Waals surface area contributed by atoms with E-state index < -0.39 is 0 Å². The van der Waals surface area contributed by atoms with Crippen molar-refractivity contribution in [1.82, 2.24) is 4.57 Å². The van der Waals surface area contributed by atoms with Gasteiger partial charge in [0.05, 0.1) is 26.7 Å². The summed E-state index contributed by atoms with van der Waals surface area (Å²) in [5.41, 5.74) is 1.30. The molecule has 0 fully saturated rings. The predicted octanol–water partition coefficient (Wildman–Crippen LogP) is 4.26. The molecule has 140 valence electrons. The molecule has 27 heavy (non-hydrogen) atoms. The van der Waals surface area contributed by atoms with E-state index in [2.05, 4.69) is 5.32 Å². The molecule has 1 heterocycles. The first kappa shape index (κ1) is 18.5. The number of hydrogen-bond acceptors (Lipinski definition) is 3. The fraction of sp³-hybridized carbons (Fsp3) is 0.190. The smallest absolute Gasteiger partial charge is 0.226 e. The number of hydrogen-bond donors (Lipinski definition) is 1. The van der Waals surface area contributed by atoms with Crippen LogP contribution in [0, 0.1) is 5.82 Å². The van der Waals surface area contributed by atoms with Gasteiger partial charge in [0.25, 0.3) is 0 Å². The summed E-state index contributed by atoms with van der Waals surface area (Å²) in [6.45, 7) is 0. The van der Waals surface area contributed by atoms with Crippen molar-refractivity contribution in [2.75, 3.05) is 19.5 Å². The van der Waals surface area contributed by atoms with Crippen molar-refractivity contribution >= 4 is 11.6 Å². The number of halogens is 1. The average Bonchev–Trinajstić information content (AvgIpc) is 3.20. The van der Waals surface area contributed by atoms with Gasteiger partial charge in [-0.25, -0.2) is 4.39 Å². The largest absolute Gasteiger partial charge is 0.497 e. The van der Waals surface area contributed by atoms with Crippen LogP contribution in [0.25, 0.3) is 0 Å². The van der Waals surface area contributed by atoms with E-state index in [1.165, 1.54) is 12.1 Å². The minimum absolute atomic E-state index is 0.150. The monoisotopic (exact) mass is 368 g/mol. The minimum Gasteiger partial charge on any atom is -0.497 e. The van der Waals surface area contributed by atoms with E-state index >= 15 is 0 Å². The molecule has 0 spiro atoms. The van der Waals surface area contributed by atoms with Crippen LogP contribution in [0.2, 0.25) is 0 Å². The summed E-state index contributed by atoms with van der Waals surface area (Å²) in [6, 6.07) is 14.9. The number of anilines is 1. The van der Waals surface area contributed by atoms with Crippen LogP contribution < -0.4 is 14.8 Å². The second-order valence-corrected chi connectivity index (χ2v) is 6.05. The SMILES string of the molecule is COc1cc(NC(=O)C[C@@H](c2cccc(F)c2)n2cccc2)cc(OC)c1. The number of carbonyl (C=O) groups is 1. The van der Waals surface area contributed by atoms with E-state index in [4.69, 9.17) is 9.47 Å². The number of methoxy groups -OCH3 is 2. The van der Waals surface area contributed by atoms with Crippen molar-refractivity contribution in [2.24, 2.45) is 0 Å². The van der Waals surface area contributed by atoms with Crippen LogP contribution in [0.1, 0.15) is 18.0 Å². The number of nitrogens with one attached hydrogen (secondary N) is 1. The lowest BCUT2D eigenvalue weighted by molar-refractivity contribution is -0.116. The Kier molecular flexibility index (Phi) is 5.76. The molecule has 2 aromatic carbocycles. The molecule has 0 saturated carbocycles. The van der Waals surface area contributed by atoms with Crippen molar-refractivity contribution in [1.29, 1.82) is 0 Å². The highest BCUT2D eigenvalue weighted by Crippen LogP contribution is 2.27. The van der Waals surface area contributed by atoms with E-state index in [0.29, 0.717) is 17.2 Å². The lowest BCUT2D eigenvalue weighted by atomic mass is 10.0. The van der Waals surface area contributed by atoms with E-state index in [9.17, 15) is 9.18 Å². The number of amides is 1. The molecule has 0 bridgehead atoms. The van der Waals surface area contributed by atoms with Crippen LogP contribution in [0.15, 0.2) is 67.0 Å². The maximum atomic E-state index is 13.7. The van der Waals surface area contributed by atoms with Gasteiger partial charge >= 0.3 is 0 Å². The van der Waals surface area contributed by atoms with Crippen molar-refractivity contribution in [3.05, 3.63) is 78.4 Å². The maximum Gasteiger partial charge on any atom is 0.226 e. The molecule has 0 saturated heterocycles. The van der Waals surface area contributed by atoms with Crippen LogP contribution in [0.5, 0.6) is 11.5 Å². The first-order valence-corrected chi connectivity index (χ1v) is 8.50. The van der Waals surface area contributed by atoms with Crippen molar-refractivity contribution < 1.29 is 18.7 Å². The molecule has 3 aromatic rings. The number of rotatable bonds is 7. The van der Waals surface area contributed by atoms with E-state index in [0.717, 1.165) is 5.56 Å². The molecule has 3 rings (SSSR count). The van der Waals surface area contributed by atoms with Gasteiger partial charge in [-0.1, -0.05) is 12.1 Å². The average molecular weight is 368 g/mol. The second-order valence-electron chi connectivity index (χ2n) is 6.05. The van der Waals surface area contributed by atoms with Gasteiger partial charge in [-0.2, -0.15) is 0 Å². The minimum atomic E-state index is -0.331. The molecule has 5 nitrogen and oxygen atoms in total. The molecule has 1 amide bonds. The first-order chi connectivity index (χ1) is 13.1. The van der Waals surface area contributed by atoms with Crippen molar-refractivity contribution in [2.45, 2.75) is 12.5 Å². The first-order valence-electron chi connectivity index (χ1n) is 8.50. The molecule has 6 heteroatoms. The summed E-state index contributed by atoms with van der Waals surface area (Å²) < 4.78 is 26.0. The summed E-state index contributed by atoms with van der Waals surface area (Å²) >= 11 is 0. The van der Waals surface area contributed by atoms with Crippen LogP contribution in [-0.2, 0) is 4.79 Å². The molecular weight excluding hydrogens is 347 g/mol. The van der Waals surface area contributed by atoms with Crippen LogP contribution in [0.4, 0.5) is 10.1 Å². The molecule has 0 aliphatic heterocycles. The number of benzene rings is 2. The Morgan fingerprint density at radius 2 is 1.70 bits per heavy atom. The third-order valence-corrected chi connectivity index (χ3v) is 4.23. The van der Waals surface area contributed by atoms with Gasteiger partial charge in [0.1, 0.15) is 17.3 Å². The number of aromatic nitrogens is 1. The van der Waals surface area contributed by atoms with Gasteiger partial charge < -0.3 is 19.4 Å². The highest BCUT2D eigenvalue weighted by Gasteiger charge is 2.18. The van der Waals surface area contributed by atoms with Gasteiger partial charge in [-0.3, -0.25) is 4.79 Å². The molecule has 1 aromatic heterocycles. The second kappa shape index (κ2) is 8.40. The standard InChI is InChI=1S/C21H21FN2O3/c1-26-18-11-17(12-19(13-18)27-2)23-21(25)14-20(24-8-3-4-9-24)15-6-5-7-16(22)10-15/h3-13,20H,14H2,1-2H3,(H,23,25)/t20-/m0/s1. The van der Waals surface area contributed by atoms with Crippen molar-refractivity contribution in [3.63, 3.8) is 0 Å². The summed E-state index contributed by atoms with van der Waals surface area (Å²) in [5.74, 6) is 0.629. The van der Waals surface area contributed by atoms with Gasteiger partial charge in [0.15, 0.2) is 0 Å². The summed E-state index contributed by atoms with van der Waals surface area (Å²) in [6.07, 6.45) is 3.87. The topological polar surface area (TPSA) is 52.5 Å². The molecule has 0 aliphatic carbocycles. The predicted molar refractivity (Wildman–Crippen MR) is 102 cm³/mol. The van der Waals surface area contributed by atoms with E-state index in [1.54, 1.807) is 38.5 Å². The molecule has 1 atom stereocenters. The lowest BCUT2D eigenvalue weighted by Crippen LogP contribution is -2.19. The fourth-order valence-electron chi connectivity index (χ4n) is 2.93. The zero-order valence-electron chi connectivity index (χ0n) is 15.2. The van der Waals surface area contributed by atoms with Gasteiger partial charge in [-0.15, -0.1) is 0 Å². The highest BCUT2D eigenvalue weighted by atomic mass is 19.1. The van der Waals surface area contributed by atoms with Crippen molar-refractivity contribution in [3.8, 4) is 11.5 Å². The normalized spacial score (nSPS) is 11.7. The third-order valence-electron chi connectivity index (χ3n) is 4.23. The Bertz CT molecular complexity index is 887. The Morgan fingerprint density at radius 3 is 2.30 bits per heavy atom. The van der Waals surface area contributed by atoms with E-state index in [-0.39, 0.29) is 24.2 Å². The highest BCUT2D eigenvalue weighted by molar-refractivity contribution is 5.91. The Morgan fingerprint density at radius 1 is 1.04 bits per heavy atom. The van der Waals surface area contributed by atoms with Crippen LogP contribution >= 0.6 is 0 Å². The van der Waals surface area contributed by atoms with Crippen LogP contribution in [-0.4, -0.2) is 24.7 Å². The molecule has 0 radical (unpaired) electrons. The Balaban J connectivity index is 1.81. The van der Waals surface area contributed by atoms with E-state index in [1.807, 2.05) is 35.2 Å². The quantitative estimate of drug-likeness (QED) is 0.678. The molecule has 0 unspecified atom stereocenters. The zero-order chi connectivity index (χ0) is 19.2. The Hall–Kier alpha value is -3.28. The van der Waals surface area contributed by atoms with Crippen LogP contribution in [0.3, 0.4) is 0 Å². The summed E-state index contributed by atoms with van der Waals surface area (Å²) in [4.78, 5) is 12.7. The summed E-state index contributed by atoms with van der Waals surface area (Å²) in [7, 11) is 3.10.